The standard InChI is InChI=1S/C12H16N2O2/c1-2-10-7-11(15)14(8-10)9-12(16)13-5-3-4-6-13/h1,10H,3-9H2. The van der Waals surface area contributed by atoms with Crippen molar-refractivity contribution in [3.63, 3.8) is 0 Å². The van der Waals surface area contributed by atoms with Gasteiger partial charge in [-0.2, -0.15) is 0 Å². The highest BCUT2D eigenvalue weighted by atomic mass is 16.2. The normalized spacial score (nSPS) is 24.9. The Morgan fingerprint density at radius 1 is 1.44 bits per heavy atom. The molecule has 16 heavy (non-hydrogen) atoms. The number of hydrogen-bond acceptors (Lipinski definition) is 2. The van der Waals surface area contributed by atoms with Crippen LogP contribution in [0.2, 0.25) is 0 Å². The van der Waals surface area contributed by atoms with Gasteiger partial charge in [-0.05, 0) is 12.8 Å². The lowest BCUT2D eigenvalue weighted by molar-refractivity contribution is -0.137. The molecule has 2 aliphatic heterocycles. The summed E-state index contributed by atoms with van der Waals surface area (Å²) in [5.74, 6) is 2.63. The van der Waals surface area contributed by atoms with Crippen LogP contribution >= 0.6 is 0 Å². The number of terminal acetylenes is 1. The van der Waals surface area contributed by atoms with Crippen LogP contribution in [0.3, 0.4) is 0 Å². The molecule has 2 rings (SSSR count). The topological polar surface area (TPSA) is 40.6 Å². The van der Waals surface area contributed by atoms with Crippen molar-refractivity contribution in [2.45, 2.75) is 19.3 Å². The molecule has 1 atom stereocenters. The number of amides is 2. The number of rotatable bonds is 2. The fourth-order valence-electron chi connectivity index (χ4n) is 2.27. The second kappa shape index (κ2) is 4.56. The highest BCUT2D eigenvalue weighted by molar-refractivity contribution is 5.86. The highest BCUT2D eigenvalue weighted by Gasteiger charge is 2.31. The zero-order chi connectivity index (χ0) is 11.5. The van der Waals surface area contributed by atoms with Crippen LogP contribution < -0.4 is 0 Å². The Morgan fingerprint density at radius 2 is 2.12 bits per heavy atom. The van der Waals surface area contributed by atoms with Crippen LogP contribution in [0.5, 0.6) is 0 Å². The molecule has 0 radical (unpaired) electrons. The molecule has 2 aliphatic rings. The van der Waals surface area contributed by atoms with E-state index in [4.69, 9.17) is 6.42 Å². The number of carbonyl (C=O) groups excluding carboxylic acids is 2. The molecule has 86 valence electrons. The molecule has 0 aromatic rings. The smallest absolute Gasteiger partial charge is 0.242 e. The zero-order valence-electron chi connectivity index (χ0n) is 9.32. The van der Waals surface area contributed by atoms with Gasteiger partial charge in [0.15, 0.2) is 0 Å². The van der Waals surface area contributed by atoms with E-state index >= 15 is 0 Å². The largest absolute Gasteiger partial charge is 0.341 e. The summed E-state index contributed by atoms with van der Waals surface area (Å²) in [6.45, 7) is 2.41. The first kappa shape index (κ1) is 11.0. The van der Waals surface area contributed by atoms with Gasteiger partial charge >= 0.3 is 0 Å². The number of carbonyl (C=O) groups is 2. The van der Waals surface area contributed by atoms with E-state index in [0.717, 1.165) is 25.9 Å². The predicted octanol–water partition coefficient (Wildman–Crippen LogP) is 0.0905. The van der Waals surface area contributed by atoms with Gasteiger partial charge in [0.05, 0.1) is 6.54 Å². The molecule has 0 aromatic heterocycles. The molecule has 2 fully saturated rings. The van der Waals surface area contributed by atoms with Crippen molar-refractivity contribution in [3.05, 3.63) is 0 Å². The van der Waals surface area contributed by atoms with Gasteiger partial charge < -0.3 is 9.80 Å². The van der Waals surface area contributed by atoms with E-state index in [1.165, 1.54) is 0 Å². The third-order valence-corrected chi connectivity index (χ3v) is 3.24. The second-order valence-electron chi connectivity index (χ2n) is 4.43. The summed E-state index contributed by atoms with van der Waals surface area (Å²) in [7, 11) is 0. The van der Waals surface area contributed by atoms with E-state index in [0.29, 0.717) is 13.0 Å². The lowest BCUT2D eigenvalue weighted by atomic mass is 10.1. The molecule has 2 heterocycles. The van der Waals surface area contributed by atoms with Gasteiger partial charge in [-0.1, -0.05) is 0 Å². The minimum Gasteiger partial charge on any atom is -0.341 e. The summed E-state index contributed by atoms with van der Waals surface area (Å²) in [6.07, 6.45) is 7.83. The van der Waals surface area contributed by atoms with E-state index in [9.17, 15) is 9.59 Å². The maximum Gasteiger partial charge on any atom is 0.242 e. The Bertz CT molecular complexity index is 339. The molecule has 0 saturated carbocycles. The first-order valence-corrected chi connectivity index (χ1v) is 5.72. The van der Waals surface area contributed by atoms with Crippen molar-refractivity contribution in [1.29, 1.82) is 0 Å². The lowest BCUT2D eigenvalue weighted by Crippen LogP contribution is -2.39. The molecule has 2 amide bonds. The van der Waals surface area contributed by atoms with Crippen LogP contribution in [0.25, 0.3) is 0 Å². The van der Waals surface area contributed by atoms with E-state index < -0.39 is 0 Å². The van der Waals surface area contributed by atoms with Gasteiger partial charge in [-0.3, -0.25) is 9.59 Å². The third kappa shape index (κ3) is 2.19. The minimum atomic E-state index is -0.0149. The molecule has 0 N–H and O–H groups in total. The van der Waals surface area contributed by atoms with E-state index in [1.807, 2.05) is 4.90 Å². The molecule has 0 bridgehead atoms. The van der Waals surface area contributed by atoms with Crippen LogP contribution in [0, 0.1) is 18.3 Å². The molecule has 0 aliphatic carbocycles. The number of nitrogens with zero attached hydrogens (tertiary/aromatic N) is 2. The highest BCUT2D eigenvalue weighted by Crippen LogP contribution is 2.17. The van der Waals surface area contributed by atoms with Crippen molar-refractivity contribution < 1.29 is 9.59 Å². The first-order valence-electron chi connectivity index (χ1n) is 5.72. The van der Waals surface area contributed by atoms with Crippen molar-refractivity contribution in [2.75, 3.05) is 26.2 Å². The Morgan fingerprint density at radius 3 is 2.69 bits per heavy atom. The second-order valence-corrected chi connectivity index (χ2v) is 4.43. The molecule has 2 saturated heterocycles. The van der Waals surface area contributed by atoms with E-state index in [1.54, 1.807) is 4.90 Å². The molecular formula is C12H16N2O2. The summed E-state index contributed by atoms with van der Waals surface area (Å²) in [5, 5.41) is 0. The summed E-state index contributed by atoms with van der Waals surface area (Å²) < 4.78 is 0. The summed E-state index contributed by atoms with van der Waals surface area (Å²) >= 11 is 0. The molecule has 1 unspecified atom stereocenters. The fraction of sp³-hybridized carbons (Fsp3) is 0.667. The Balaban J connectivity index is 1.88. The fourth-order valence-corrected chi connectivity index (χ4v) is 2.27. The molecule has 4 nitrogen and oxygen atoms in total. The Labute approximate surface area is 95.6 Å². The average Bonchev–Trinajstić information content (AvgIpc) is 2.88. The average molecular weight is 220 g/mol. The van der Waals surface area contributed by atoms with Crippen LogP contribution in [0.4, 0.5) is 0 Å². The van der Waals surface area contributed by atoms with Crippen molar-refractivity contribution in [2.24, 2.45) is 5.92 Å². The quantitative estimate of drug-likeness (QED) is 0.619. The van der Waals surface area contributed by atoms with E-state index in [2.05, 4.69) is 5.92 Å². The Kier molecular flexibility index (Phi) is 3.14. The van der Waals surface area contributed by atoms with Crippen molar-refractivity contribution >= 4 is 11.8 Å². The predicted molar refractivity (Wildman–Crippen MR) is 59.3 cm³/mol. The van der Waals surface area contributed by atoms with Gasteiger partial charge in [0.1, 0.15) is 0 Å². The summed E-state index contributed by atoms with van der Waals surface area (Å²) in [6, 6.07) is 0. The summed E-state index contributed by atoms with van der Waals surface area (Å²) in [4.78, 5) is 26.8. The maximum atomic E-state index is 11.8. The third-order valence-electron chi connectivity index (χ3n) is 3.24. The summed E-state index contributed by atoms with van der Waals surface area (Å²) in [5.41, 5.74) is 0. The van der Waals surface area contributed by atoms with Gasteiger partial charge in [-0.25, -0.2) is 0 Å². The van der Waals surface area contributed by atoms with Crippen LogP contribution in [0.15, 0.2) is 0 Å². The molecule has 4 heteroatoms. The number of likely N-dealkylation sites (tertiary alicyclic amines) is 2. The SMILES string of the molecule is C#CC1CC(=O)N(CC(=O)N2CCCC2)C1. The first-order chi connectivity index (χ1) is 7.70. The van der Waals surface area contributed by atoms with Crippen molar-refractivity contribution in [3.8, 4) is 12.3 Å². The molecule has 0 aromatic carbocycles. The van der Waals surface area contributed by atoms with Crippen LogP contribution in [-0.4, -0.2) is 47.8 Å². The van der Waals surface area contributed by atoms with Gasteiger partial charge in [0, 0.05) is 32.0 Å². The van der Waals surface area contributed by atoms with Crippen LogP contribution in [-0.2, 0) is 9.59 Å². The van der Waals surface area contributed by atoms with Gasteiger partial charge in [-0.15, -0.1) is 12.3 Å². The van der Waals surface area contributed by atoms with Crippen LogP contribution in [0.1, 0.15) is 19.3 Å². The van der Waals surface area contributed by atoms with Gasteiger partial charge in [0.25, 0.3) is 0 Å². The zero-order valence-corrected chi connectivity index (χ0v) is 9.32. The maximum absolute atomic E-state index is 11.8. The Hall–Kier alpha value is -1.50. The minimum absolute atomic E-state index is 0.00972. The number of hydrogen-bond donors (Lipinski definition) is 0. The molecular weight excluding hydrogens is 204 g/mol. The van der Waals surface area contributed by atoms with E-state index in [-0.39, 0.29) is 24.3 Å². The van der Waals surface area contributed by atoms with Gasteiger partial charge in [0.2, 0.25) is 11.8 Å². The monoisotopic (exact) mass is 220 g/mol. The molecule has 0 spiro atoms. The lowest BCUT2D eigenvalue weighted by Gasteiger charge is -2.20. The van der Waals surface area contributed by atoms with Crippen molar-refractivity contribution in [1.82, 2.24) is 9.80 Å².